The van der Waals surface area contributed by atoms with Crippen LogP contribution in [-0.4, -0.2) is 85.6 Å². The molecule has 11 nitrogen and oxygen atoms in total. The first kappa shape index (κ1) is 32.8. The van der Waals surface area contributed by atoms with E-state index in [1.807, 2.05) is 0 Å². The molecule has 1 aromatic carbocycles. The molecule has 3 fully saturated rings. The molecule has 16 heteroatoms. The fraction of sp³-hybridized carbons (Fsp3) is 0.483. The van der Waals surface area contributed by atoms with E-state index in [0.29, 0.717) is 26.2 Å². The minimum Gasteiger partial charge on any atom is -0.338 e. The van der Waals surface area contributed by atoms with Crippen molar-refractivity contribution < 1.29 is 27.6 Å². The summed E-state index contributed by atoms with van der Waals surface area (Å²) in [7, 11) is 1.46. The number of imidazole rings is 1. The standard InChI is InChI=1S/C29H32ClF3N8O3.ClH/c1-38-23(20-16-41(18-6-7-18)37-24(20)29(31,32)33)15-35-25(38)26(42)36-17-5-8-19(21(30)14-17)27(43)39-10-12-40(13-11-39)28(44)22-4-2-3-9-34-22;/h5,8,14-16,18,22,34H,2-4,6-7,9-13H2,1H3,(H,36,42);1H/t22-;/m1./s1. The van der Waals surface area contributed by atoms with Gasteiger partial charge >= 0.3 is 6.18 Å². The Morgan fingerprint density at radius 1 is 1.04 bits per heavy atom. The number of hydrogen-bond donors (Lipinski definition) is 2. The van der Waals surface area contributed by atoms with Crippen molar-refractivity contribution in [3.8, 4) is 11.3 Å². The predicted molar refractivity (Wildman–Crippen MR) is 162 cm³/mol. The van der Waals surface area contributed by atoms with E-state index in [2.05, 4.69) is 20.7 Å². The van der Waals surface area contributed by atoms with E-state index in [1.165, 1.54) is 46.9 Å². The second-order valence-corrected chi connectivity index (χ2v) is 11.8. The number of carbonyl (C=O) groups is 3. The van der Waals surface area contributed by atoms with Gasteiger partial charge in [-0.3, -0.25) is 19.1 Å². The van der Waals surface area contributed by atoms with Crippen molar-refractivity contribution in [2.45, 2.75) is 50.4 Å². The van der Waals surface area contributed by atoms with Crippen molar-refractivity contribution in [1.29, 1.82) is 0 Å². The topological polar surface area (TPSA) is 117 Å². The summed E-state index contributed by atoms with van der Waals surface area (Å²) in [6, 6.07) is 4.25. The lowest BCUT2D eigenvalue weighted by atomic mass is 10.0. The molecule has 0 spiro atoms. The number of aromatic nitrogens is 4. The number of benzene rings is 1. The van der Waals surface area contributed by atoms with Crippen LogP contribution in [0.1, 0.15) is 64.8 Å². The highest BCUT2D eigenvalue weighted by Gasteiger charge is 2.40. The van der Waals surface area contributed by atoms with Gasteiger partial charge in [-0.05, 0) is 50.4 Å². The third-order valence-electron chi connectivity index (χ3n) is 8.33. The number of nitrogens with one attached hydrogen (secondary N) is 2. The van der Waals surface area contributed by atoms with Gasteiger partial charge in [-0.25, -0.2) is 4.98 Å². The number of anilines is 1. The molecule has 3 aliphatic rings. The molecule has 0 radical (unpaired) electrons. The maximum Gasteiger partial charge on any atom is 0.435 e. The zero-order valence-corrected chi connectivity index (χ0v) is 26.0. The Morgan fingerprint density at radius 2 is 1.76 bits per heavy atom. The van der Waals surface area contributed by atoms with Crippen LogP contribution < -0.4 is 10.6 Å². The Morgan fingerprint density at radius 3 is 2.38 bits per heavy atom. The maximum absolute atomic E-state index is 13.7. The summed E-state index contributed by atoms with van der Waals surface area (Å²) in [4.78, 5) is 46.6. The van der Waals surface area contributed by atoms with Crippen LogP contribution >= 0.6 is 24.0 Å². The Kier molecular flexibility index (Phi) is 9.47. The summed E-state index contributed by atoms with van der Waals surface area (Å²) < 4.78 is 43.8. The summed E-state index contributed by atoms with van der Waals surface area (Å²) in [6.45, 7) is 2.46. The fourth-order valence-corrected chi connectivity index (χ4v) is 5.98. The van der Waals surface area contributed by atoms with E-state index in [0.717, 1.165) is 38.6 Å². The van der Waals surface area contributed by atoms with Crippen LogP contribution in [0.15, 0.2) is 30.6 Å². The second kappa shape index (κ2) is 13.0. The number of rotatable bonds is 6. The van der Waals surface area contributed by atoms with Crippen LogP contribution in [0.2, 0.25) is 5.02 Å². The molecule has 2 aliphatic heterocycles. The van der Waals surface area contributed by atoms with Crippen molar-refractivity contribution in [1.82, 2.24) is 34.4 Å². The molecule has 2 saturated heterocycles. The van der Waals surface area contributed by atoms with Gasteiger partial charge in [-0.1, -0.05) is 18.0 Å². The first-order valence-corrected chi connectivity index (χ1v) is 15.0. The van der Waals surface area contributed by atoms with Crippen molar-refractivity contribution in [2.75, 3.05) is 38.0 Å². The molecule has 2 aromatic heterocycles. The minimum absolute atomic E-state index is 0. The molecule has 3 amide bonds. The van der Waals surface area contributed by atoms with Gasteiger partial charge in [-0.15, -0.1) is 12.4 Å². The number of amides is 3. The van der Waals surface area contributed by atoms with Gasteiger partial charge in [0.2, 0.25) is 5.91 Å². The largest absolute Gasteiger partial charge is 0.435 e. The Bertz CT molecular complexity index is 1590. The average molecular weight is 670 g/mol. The number of nitrogens with zero attached hydrogens (tertiary/aromatic N) is 6. The molecular formula is C29H33Cl2F3N8O3. The first-order chi connectivity index (χ1) is 21.0. The lowest BCUT2D eigenvalue weighted by Crippen LogP contribution is -2.55. The first-order valence-electron chi connectivity index (χ1n) is 14.6. The normalized spacial score (nSPS) is 18.8. The van der Waals surface area contributed by atoms with Gasteiger partial charge in [0.15, 0.2) is 11.5 Å². The van der Waals surface area contributed by atoms with Crippen molar-refractivity contribution in [3.05, 3.63) is 52.7 Å². The van der Waals surface area contributed by atoms with Crippen LogP contribution in [-0.2, 0) is 18.0 Å². The van der Waals surface area contributed by atoms with Gasteiger partial charge in [0.25, 0.3) is 11.8 Å². The summed E-state index contributed by atoms with van der Waals surface area (Å²) in [5, 5.41) is 9.81. The van der Waals surface area contributed by atoms with Crippen LogP contribution in [0, 0.1) is 0 Å². The number of hydrogen-bond acceptors (Lipinski definition) is 6. The van der Waals surface area contributed by atoms with Gasteiger partial charge in [-0.2, -0.15) is 18.3 Å². The molecule has 242 valence electrons. The zero-order chi connectivity index (χ0) is 31.2. The highest BCUT2D eigenvalue weighted by Crippen LogP contribution is 2.41. The van der Waals surface area contributed by atoms with Crippen molar-refractivity contribution in [3.63, 3.8) is 0 Å². The highest BCUT2D eigenvalue weighted by atomic mass is 35.5. The van der Waals surface area contributed by atoms with Crippen LogP contribution in [0.3, 0.4) is 0 Å². The maximum atomic E-state index is 13.7. The minimum atomic E-state index is -4.67. The molecule has 4 heterocycles. The highest BCUT2D eigenvalue weighted by molar-refractivity contribution is 6.34. The van der Waals surface area contributed by atoms with Crippen molar-refractivity contribution >= 4 is 47.4 Å². The lowest BCUT2D eigenvalue weighted by Gasteiger charge is -2.37. The summed E-state index contributed by atoms with van der Waals surface area (Å²) in [5.74, 6) is -0.981. The Balaban J connectivity index is 0.00000400. The van der Waals surface area contributed by atoms with Gasteiger partial charge in [0.1, 0.15) is 0 Å². The second-order valence-electron chi connectivity index (χ2n) is 11.4. The number of halogens is 5. The van der Waals surface area contributed by atoms with Gasteiger partial charge in [0.05, 0.1) is 40.1 Å². The van der Waals surface area contributed by atoms with E-state index < -0.39 is 17.8 Å². The summed E-state index contributed by atoms with van der Waals surface area (Å²) in [5.41, 5.74) is -0.537. The van der Waals surface area contributed by atoms with E-state index >= 15 is 0 Å². The third-order valence-corrected chi connectivity index (χ3v) is 8.65. The number of carbonyl (C=O) groups excluding carboxylic acids is 3. The predicted octanol–water partition coefficient (Wildman–Crippen LogP) is 4.39. The van der Waals surface area contributed by atoms with E-state index in [9.17, 15) is 27.6 Å². The molecule has 45 heavy (non-hydrogen) atoms. The smallest absolute Gasteiger partial charge is 0.338 e. The van der Waals surface area contributed by atoms with Crippen LogP contribution in [0.5, 0.6) is 0 Å². The summed E-state index contributed by atoms with van der Waals surface area (Å²) >= 11 is 6.45. The molecule has 0 unspecified atom stereocenters. The molecule has 2 N–H and O–H groups in total. The zero-order valence-electron chi connectivity index (χ0n) is 24.4. The summed E-state index contributed by atoms with van der Waals surface area (Å²) in [6.07, 6.45) is 2.33. The fourth-order valence-electron chi connectivity index (χ4n) is 5.72. The molecule has 1 aliphatic carbocycles. The molecule has 6 rings (SSSR count). The van der Waals surface area contributed by atoms with Gasteiger partial charge < -0.3 is 25.0 Å². The van der Waals surface area contributed by atoms with Crippen LogP contribution in [0.25, 0.3) is 11.3 Å². The SMILES string of the molecule is Cl.Cn1c(-c2cn(C3CC3)nc2C(F)(F)F)cnc1C(=O)Nc1ccc(C(=O)N2CCN(C(=O)[C@H]3CCCCN3)CC2)c(Cl)c1. The molecule has 1 saturated carbocycles. The molecular weight excluding hydrogens is 636 g/mol. The van der Waals surface area contributed by atoms with Crippen LogP contribution in [0.4, 0.5) is 18.9 Å². The van der Waals surface area contributed by atoms with Gasteiger partial charge in [0, 0.05) is 45.1 Å². The van der Waals surface area contributed by atoms with E-state index in [1.54, 1.807) is 9.80 Å². The monoisotopic (exact) mass is 668 g/mol. The third kappa shape index (κ3) is 6.82. The number of piperidine rings is 1. The Hall–Kier alpha value is -3.62. The molecule has 3 aromatic rings. The van der Waals surface area contributed by atoms with E-state index in [-0.39, 0.29) is 69.7 Å². The number of alkyl halides is 3. The average Bonchev–Trinajstić information content (AvgIpc) is 3.64. The van der Waals surface area contributed by atoms with E-state index in [4.69, 9.17) is 11.6 Å². The number of piperazine rings is 1. The molecule has 0 bridgehead atoms. The lowest BCUT2D eigenvalue weighted by molar-refractivity contribution is -0.141. The quantitative estimate of drug-likeness (QED) is 0.403. The van der Waals surface area contributed by atoms with Crippen molar-refractivity contribution in [2.24, 2.45) is 7.05 Å². The Labute approximate surface area is 268 Å². The molecule has 1 atom stereocenters.